The summed E-state index contributed by atoms with van der Waals surface area (Å²) in [5, 5.41) is 12.3. The molecule has 0 bridgehead atoms. The zero-order valence-corrected chi connectivity index (χ0v) is 25.7. The Morgan fingerprint density at radius 2 is 1.84 bits per heavy atom. The maximum Gasteiger partial charge on any atom is 0.328 e. The number of carbonyl (C=O) groups excluding carboxylic acids is 2. The van der Waals surface area contributed by atoms with Crippen LogP contribution >= 0.6 is 11.6 Å². The lowest BCUT2D eigenvalue weighted by Gasteiger charge is -2.35. The lowest BCUT2D eigenvalue weighted by molar-refractivity contribution is -0.142. The van der Waals surface area contributed by atoms with Crippen LogP contribution in [-0.2, 0) is 32.3 Å². The van der Waals surface area contributed by atoms with Crippen molar-refractivity contribution in [3.63, 3.8) is 0 Å². The quantitative estimate of drug-likeness (QED) is 0.270. The lowest BCUT2D eigenvalue weighted by Crippen LogP contribution is -2.44. The second-order valence-electron chi connectivity index (χ2n) is 10.5. The smallest absolute Gasteiger partial charge is 0.328 e. The van der Waals surface area contributed by atoms with Gasteiger partial charge in [-0.3, -0.25) is 4.79 Å². The van der Waals surface area contributed by atoms with Crippen LogP contribution in [0.4, 0.5) is 5.82 Å². The number of benzene rings is 3. The predicted octanol–water partition coefficient (Wildman–Crippen LogP) is 4.33. The van der Waals surface area contributed by atoms with Crippen LogP contribution in [0.2, 0.25) is 5.02 Å². The number of carbonyl (C=O) groups is 2. The molecule has 5 rings (SSSR count). The van der Waals surface area contributed by atoms with Gasteiger partial charge in [-0.25, -0.2) is 18.2 Å². The van der Waals surface area contributed by atoms with Gasteiger partial charge in [0.15, 0.2) is 9.84 Å². The van der Waals surface area contributed by atoms with Crippen LogP contribution in [0.3, 0.4) is 0 Å². The van der Waals surface area contributed by atoms with Gasteiger partial charge in [-0.1, -0.05) is 48.0 Å². The topological polar surface area (TPSA) is 134 Å². The van der Waals surface area contributed by atoms with Gasteiger partial charge in [0.25, 0.3) is 5.91 Å². The van der Waals surface area contributed by atoms with Crippen LogP contribution in [0.1, 0.15) is 45.1 Å². The molecule has 3 aromatic carbocycles. The van der Waals surface area contributed by atoms with Crippen molar-refractivity contribution in [2.24, 2.45) is 0 Å². The molecule has 0 fully saturated rings. The van der Waals surface area contributed by atoms with Gasteiger partial charge in [0.05, 0.1) is 60.1 Å². The van der Waals surface area contributed by atoms with E-state index in [-0.39, 0.29) is 28.7 Å². The van der Waals surface area contributed by atoms with Gasteiger partial charge in [0.2, 0.25) is 0 Å². The van der Waals surface area contributed by atoms with E-state index in [1.54, 1.807) is 61.1 Å². The average molecular weight is 632 g/mol. The van der Waals surface area contributed by atoms with Crippen molar-refractivity contribution < 1.29 is 22.7 Å². The van der Waals surface area contributed by atoms with Gasteiger partial charge in [0, 0.05) is 18.5 Å². The number of ether oxygens (including phenoxy) is 1. The third kappa shape index (κ3) is 6.46. The first-order valence-corrected chi connectivity index (χ1v) is 15.8. The van der Waals surface area contributed by atoms with Gasteiger partial charge >= 0.3 is 5.97 Å². The van der Waals surface area contributed by atoms with Gasteiger partial charge in [-0.15, -0.1) is 0 Å². The normalized spacial score (nSPS) is 15.8. The van der Waals surface area contributed by atoms with Crippen LogP contribution in [0.15, 0.2) is 84.1 Å². The van der Waals surface area contributed by atoms with Crippen LogP contribution in [0.5, 0.6) is 0 Å². The number of fused-ring (bicyclic) bond motifs is 1. The summed E-state index contributed by atoms with van der Waals surface area (Å²) in [4.78, 5) is 32.5. The number of sulfone groups is 1. The number of hydrogen-bond donors (Lipinski definition) is 1. The van der Waals surface area contributed by atoms with Crippen LogP contribution in [-0.4, -0.2) is 55.8 Å². The van der Waals surface area contributed by atoms with E-state index in [1.807, 2.05) is 28.6 Å². The van der Waals surface area contributed by atoms with E-state index in [9.17, 15) is 18.0 Å². The van der Waals surface area contributed by atoms with Gasteiger partial charge in [0.1, 0.15) is 11.9 Å². The first-order chi connectivity index (χ1) is 21.1. The molecule has 1 N–H and O–H groups in total. The Kier molecular flexibility index (Phi) is 9.04. The Balaban J connectivity index is 1.44. The summed E-state index contributed by atoms with van der Waals surface area (Å²) < 4.78 is 33.8. The molecular formula is C32H30ClN5O5S. The van der Waals surface area contributed by atoms with E-state index in [0.29, 0.717) is 29.1 Å². The van der Waals surface area contributed by atoms with Gasteiger partial charge in [-0.05, 0) is 53.4 Å². The molecule has 2 heterocycles. The van der Waals surface area contributed by atoms with E-state index in [1.165, 1.54) is 13.2 Å². The molecule has 2 atom stereocenters. The molecule has 1 aliphatic rings. The van der Waals surface area contributed by atoms with E-state index in [2.05, 4.69) is 16.4 Å². The van der Waals surface area contributed by atoms with Crippen molar-refractivity contribution in [3.05, 3.63) is 112 Å². The highest BCUT2D eigenvalue weighted by atomic mass is 35.5. The minimum Gasteiger partial charge on any atom is -0.467 e. The Morgan fingerprint density at radius 1 is 1.14 bits per heavy atom. The number of hydrogen-bond acceptors (Lipinski definition) is 8. The number of anilines is 1. The maximum atomic E-state index is 13.6. The maximum absolute atomic E-state index is 13.6. The first kappa shape index (κ1) is 30.8. The Bertz CT molecular complexity index is 1830. The zero-order chi connectivity index (χ0) is 31.4. The summed E-state index contributed by atoms with van der Waals surface area (Å²) in [6.07, 6.45) is 3.84. The zero-order valence-electron chi connectivity index (χ0n) is 24.1. The number of methoxy groups -OCH3 is 1. The fraction of sp³-hybridized carbons (Fsp3) is 0.250. The molecule has 1 amide bonds. The number of aromatic nitrogens is 2. The highest BCUT2D eigenvalue weighted by Crippen LogP contribution is 2.39. The van der Waals surface area contributed by atoms with Gasteiger partial charge < -0.3 is 19.5 Å². The largest absolute Gasteiger partial charge is 0.467 e. The number of amides is 1. The number of nitriles is 1. The Labute approximate surface area is 260 Å². The highest BCUT2D eigenvalue weighted by Gasteiger charge is 2.37. The summed E-state index contributed by atoms with van der Waals surface area (Å²) in [7, 11) is -0.718. The highest BCUT2D eigenvalue weighted by molar-refractivity contribution is 7.91. The second-order valence-corrected chi connectivity index (χ2v) is 13.0. The monoisotopic (exact) mass is 631 g/mol. The van der Waals surface area contributed by atoms with Crippen LogP contribution < -0.4 is 10.2 Å². The molecule has 0 saturated carbocycles. The van der Waals surface area contributed by atoms with Crippen molar-refractivity contribution in [1.29, 1.82) is 5.26 Å². The fourth-order valence-electron chi connectivity index (χ4n) is 5.47. The molecule has 226 valence electrons. The third-order valence-corrected chi connectivity index (χ3v) is 9.82. The van der Waals surface area contributed by atoms with E-state index < -0.39 is 27.8 Å². The van der Waals surface area contributed by atoms with Crippen LogP contribution in [0, 0.1) is 11.3 Å². The number of imidazole rings is 1. The molecular weight excluding hydrogens is 602 g/mol. The van der Waals surface area contributed by atoms with E-state index >= 15 is 0 Å². The third-order valence-electron chi connectivity index (χ3n) is 7.72. The molecule has 44 heavy (non-hydrogen) atoms. The first-order valence-electron chi connectivity index (χ1n) is 13.8. The molecule has 1 aromatic heterocycles. The minimum atomic E-state index is -3.81. The number of nitrogens with one attached hydrogen (secondary N) is 1. The van der Waals surface area contributed by atoms with Crippen molar-refractivity contribution >= 4 is 39.1 Å². The SMILES string of the molecule is COC(=O)[C@H](Cc1ccc(Cl)cc1)NC(=O)c1cccc2c1S(=O)(=O)CCC2N(C)c1cncn1Cc1ccc(C#N)cc1. The van der Waals surface area contributed by atoms with Gasteiger partial charge in [-0.2, -0.15) is 5.26 Å². The molecule has 12 heteroatoms. The van der Waals surface area contributed by atoms with Crippen LogP contribution in [0.25, 0.3) is 0 Å². The molecule has 1 aliphatic heterocycles. The number of rotatable bonds is 9. The number of halogens is 1. The van der Waals surface area contributed by atoms with Crippen molar-refractivity contribution in [3.8, 4) is 6.07 Å². The summed E-state index contributed by atoms with van der Waals surface area (Å²) in [6, 6.07) is 19.6. The Hall–Kier alpha value is -4.66. The average Bonchev–Trinajstić information content (AvgIpc) is 3.49. The minimum absolute atomic E-state index is 0.0308. The lowest BCUT2D eigenvalue weighted by atomic mass is 9.99. The molecule has 0 radical (unpaired) electrons. The van der Waals surface area contributed by atoms with Crippen molar-refractivity contribution in [2.45, 2.75) is 36.4 Å². The number of esters is 1. The molecule has 0 saturated heterocycles. The summed E-state index contributed by atoms with van der Waals surface area (Å²) in [6.45, 7) is 0.494. The predicted molar refractivity (Wildman–Crippen MR) is 165 cm³/mol. The van der Waals surface area contributed by atoms with E-state index in [0.717, 1.165) is 16.9 Å². The summed E-state index contributed by atoms with van der Waals surface area (Å²) >= 11 is 5.98. The summed E-state index contributed by atoms with van der Waals surface area (Å²) in [5.74, 6) is -0.750. The Morgan fingerprint density at radius 3 is 2.52 bits per heavy atom. The summed E-state index contributed by atoms with van der Waals surface area (Å²) in [5.41, 5.74) is 2.74. The fourth-order valence-corrected chi connectivity index (χ4v) is 7.39. The van der Waals surface area contributed by atoms with Crippen molar-refractivity contribution in [2.75, 3.05) is 24.8 Å². The molecule has 1 unspecified atom stereocenters. The second kappa shape index (κ2) is 12.9. The molecule has 10 nitrogen and oxygen atoms in total. The number of nitrogens with zero attached hydrogens (tertiary/aromatic N) is 4. The molecule has 4 aromatic rings. The standard InChI is InChI=1S/C32H30ClN5O5S/c1-37(29-18-35-20-38(29)19-23-8-6-22(17-34)7-9-23)28-14-15-44(41,42)30-25(28)4-3-5-26(30)31(39)36-27(32(40)43-2)16-21-10-12-24(33)13-11-21/h3-13,18,20,27-28H,14-16,19H2,1-2H3,(H,36,39)/t27-,28?/m0/s1. The van der Waals surface area contributed by atoms with E-state index in [4.69, 9.17) is 21.6 Å². The van der Waals surface area contributed by atoms with Crippen molar-refractivity contribution in [1.82, 2.24) is 14.9 Å². The molecule has 0 spiro atoms. The molecule has 0 aliphatic carbocycles.